The number of hydrogen-bond donors (Lipinski definition) is 1. The number of nitrogens with one attached hydrogen (secondary N) is 1. The molecule has 0 fully saturated rings. The normalized spacial score (nSPS) is 10.4. The Kier molecular flexibility index (Phi) is 2.54. The average molecular weight is 233 g/mol. The number of imidazole rings is 1. The van der Waals surface area contributed by atoms with Crippen LogP contribution >= 0.6 is 0 Å². The van der Waals surface area contributed by atoms with Gasteiger partial charge in [0.1, 0.15) is 5.82 Å². The second-order valence-corrected chi connectivity index (χ2v) is 4.15. The summed E-state index contributed by atoms with van der Waals surface area (Å²) in [6.45, 7) is 0. The number of aromatic nitrogens is 2. The van der Waals surface area contributed by atoms with E-state index in [1.54, 1.807) is 6.20 Å². The molecule has 0 atom stereocenters. The van der Waals surface area contributed by atoms with Crippen LogP contribution in [0.4, 0.5) is 0 Å². The Hall–Kier alpha value is -2.60. The zero-order chi connectivity index (χ0) is 12.4. The standard InChI is InChI=1S/C15H11N3/c16-8-7-14-10-17-15(18-14)13-6-5-11-3-1-2-4-12(11)9-13/h1-6,9-10H,7H2,(H,17,18). The molecule has 0 unspecified atom stereocenters. The van der Waals surface area contributed by atoms with Gasteiger partial charge in [-0.05, 0) is 16.8 Å². The lowest BCUT2D eigenvalue weighted by Crippen LogP contribution is -1.83. The highest BCUT2D eigenvalue weighted by atomic mass is 14.9. The lowest BCUT2D eigenvalue weighted by Gasteiger charge is -2.00. The first-order valence-corrected chi connectivity index (χ1v) is 5.77. The maximum Gasteiger partial charge on any atom is 0.137 e. The molecule has 1 N–H and O–H groups in total. The smallest absolute Gasteiger partial charge is 0.137 e. The quantitative estimate of drug-likeness (QED) is 0.738. The van der Waals surface area contributed by atoms with Crippen LogP contribution in [-0.2, 0) is 6.42 Å². The molecule has 0 aliphatic heterocycles. The largest absolute Gasteiger partial charge is 0.341 e. The molecule has 0 spiro atoms. The molecule has 0 aliphatic rings. The third-order valence-electron chi connectivity index (χ3n) is 2.92. The molecule has 3 heteroatoms. The van der Waals surface area contributed by atoms with E-state index in [1.165, 1.54) is 10.8 Å². The van der Waals surface area contributed by atoms with Gasteiger partial charge in [0.25, 0.3) is 0 Å². The van der Waals surface area contributed by atoms with Gasteiger partial charge in [0, 0.05) is 17.5 Å². The van der Waals surface area contributed by atoms with Gasteiger partial charge in [-0.15, -0.1) is 0 Å². The van der Waals surface area contributed by atoms with Crippen molar-refractivity contribution in [3.63, 3.8) is 0 Å². The van der Waals surface area contributed by atoms with Gasteiger partial charge in [0.2, 0.25) is 0 Å². The fourth-order valence-electron chi connectivity index (χ4n) is 2.02. The van der Waals surface area contributed by atoms with Gasteiger partial charge in [0.15, 0.2) is 0 Å². The van der Waals surface area contributed by atoms with Crippen molar-refractivity contribution in [3.8, 4) is 17.5 Å². The number of hydrogen-bond acceptors (Lipinski definition) is 2. The first kappa shape index (κ1) is 10.5. The lowest BCUT2D eigenvalue weighted by atomic mass is 10.1. The van der Waals surface area contributed by atoms with E-state index in [4.69, 9.17) is 5.26 Å². The highest BCUT2D eigenvalue weighted by Gasteiger charge is 2.04. The fraction of sp³-hybridized carbons (Fsp3) is 0.0667. The SMILES string of the molecule is N#CCc1cnc(-c2ccc3ccccc3c2)[nH]1. The number of aromatic amines is 1. The van der Waals surface area contributed by atoms with Crippen LogP contribution in [0.3, 0.4) is 0 Å². The second-order valence-electron chi connectivity index (χ2n) is 4.15. The fourth-order valence-corrected chi connectivity index (χ4v) is 2.02. The Morgan fingerprint density at radius 1 is 1.11 bits per heavy atom. The third kappa shape index (κ3) is 1.85. The predicted molar refractivity (Wildman–Crippen MR) is 70.8 cm³/mol. The number of nitriles is 1. The van der Waals surface area contributed by atoms with E-state index in [-0.39, 0.29) is 0 Å². The van der Waals surface area contributed by atoms with Crippen molar-refractivity contribution in [2.75, 3.05) is 0 Å². The van der Waals surface area contributed by atoms with Crippen molar-refractivity contribution < 1.29 is 0 Å². The van der Waals surface area contributed by atoms with Crippen LogP contribution < -0.4 is 0 Å². The molecule has 0 radical (unpaired) electrons. The Labute approximate surface area is 105 Å². The van der Waals surface area contributed by atoms with Gasteiger partial charge in [-0.1, -0.05) is 36.4 Å². The van der Waals surface area contributed by atoms with E-state index < -0.39 is 0 Å². The van der Waals surface area contributed by atoms with Crippen LogP contribution in [0.25, 0.3) is 22.2 Å². The van der Waals surface area contributed by atoms with E-state index >= 15 is 0 Å². The number of rotatable bonds is 2. The number of H-pyrrole nitrogens is 1. The molecule has 3 rings (SSSR count). The first-order valence-electron chi connectivity index (χ1n) is 5.77. The third-order valence-corrected chi connectivity index (χ3v) is 2.92. The summed E-state index contributed by atoms with van der Waals surface area (Å²) < 4.78 is 0. The van der Waals surface area contributed by atoms with Gasteiger partial charge < -0.3 is 4.98 Å². The molecule has 3 nitrogen and oxygen atoms in total. The van der Waals surface area contributed by atoms with Gasteiger partial charge in [0.05, 0.1) is 12.5 Å². The summed E-state index contributed by atoms with van der Waals surface area (Å²) in [4.78, 5) is 7.47. The van der Waals surface area contributed by atoms with E-state index in [0.717, 1.165) is 17.1 Å². The second kappa shape index (κ2) is 4.34. The Balaban J connectivity index is 2.05. The van der Waals surface area contributed by atoms with Crippen molar-refractivity contribution >= 4 is 10.8 Å². The van der Waals surface area contributed by atoms with Crippen molar-refractivity contribution in [2.45, 2.75) is 6.42 Å². The first-order chi connectivity index (χ1) is 8.86. The molecule has 0 aliphatic carbocycles. The van der Waals surface area contributed by atoms with Crippen LogP contribution in [0.2, 0.25) is 0 Å². The maximum atomic E-state index is 8.64. The van der Waals surface area contributed by atoms with Gasteiger partial charge >= 0.3 is 0 Å². The Morgan fingerprint density at radius 3 is 2.78 bits per heavy atom. The van der Waals surface area contributed by atoms with Gasteiger partial charge in [-0.25, -0.2) is 4.98 Å². The van der Waals surface area contributed by atoms with E-state index in [1.807, 2.05) is 18.2 Å². The molecule has 3 aromatic rings. The molecular formula is C15H11N3. The molecule has 1 aromatic heterocycles. The van der Waals surface area contributed by atoms with Crippen molar-refractivity contribution in [1.82, 2.24) is 9.97 Å². The molecule has 2 aromatic carbocycles. The molecular weight excluding hydrogens is 222 g/mol. The van der Waals surface area contributed by atoms with Crippen LogP contribution in [0, 0.1) is 11.3 Å². The summed E-state index contributed by atoms with van der Waals surface area (Å²) in [5.74, 6) is 0.811. The molecule has 86 valence electrons. The van der Waals surface area contributed by atoms with Crippen molar-refractivity contribution in [1.29, 1.82) is 5.26 Å². The monoisotopic (exact) mass is 233 g/mol. The summed E-state index contributed by atoms with van der Waals surface area (Å²) >= 11 is 0. The number of benzene rings is 2. The van der Waals surface area contributed by atoms with Gasteiger partial charge in [-0.2, -0.15) is 5.26 Å². The molecule has 0 amide bonds. The molecule has 18 heavy (non-hydrogen) atoms. The average Bonchev–Trinajstić information content (AvgIpc) is 2.87. The number of fused-ring (bicyclic) bond motifs is 1. The molecule has 0 saturated carbocycles. The molecule has 1 heterocycles. The van der Waals surface area contributed by atoms with E-state index in [9.17, 15) is 0 Å². The highest BCUT2D eigenvalue weighted by molar-refractivity contribution is 5.86. The molecule has 0 saturated heterocycles. The van der Waals surface area contributed by atoms with Crippen LogP contribution in [0.1, 0.15) is 5.69 Å². The topological polar surface area (TPSA) is 52.5 Å². The summed E-state index contributed by atoms with van der Waals surface area (Å²) in [6, 6.07) is 16.5. The zero-order valence-corrected chi connectivity index (χ0v) is 9.72. The minimum atomic E-state index is 0.362. The van der Waals surface area contributed by atoms with Crippen molar-refractivity contribution in [3.05, 3.63) is 54.4 Å². The van der Waals surface area contributed by atoms with Crippen LogP contribution in [-0.4, -0.2) is 9.97 Å². The highest BCUT2D eigenvalue weighted by Crippen LogP contribution is 2.22. The molecule has 0 bridgehead atoms. The lowest BCUT2D eigenvalue weighted by molar-refractivity contribution is 1.16. The minimum Gasteiger partial charge on any atom is -0.341 e. The summed E-state index contributed by atoms with van der Waals surface area (Å²) in [7, 11) is 0. The van der Waals surface area contributed by atoms with Crippen LogP contribution in [0.15, 0.2) is 48.7 Å². The summed E-state index contributed by atoms with van der Waals surface area (Å²) in [6.07, 6.45) is 2.08. The Bertz CT molecular complexity index is 735. The minimum absolute atomic E-state index is 0.362. The van der Waals surface area contributed by atoms with E-state index in [2.05, 4.69) is 40.3 Å². The summed E-state index contributed by atoms with van der Waals surface area (Å²) in [5.41, 5.74) is 1.89. The Morgan fingerprint density at radius 2 is 1.94 bits per heavy atom. The maximum absolute atomic E-state index is 8.64. The summed E-state index contributed by atoms with van der Waals surface area (Å²) in [5, 5.41) is 11.0. The van der Waals surface area contributed by atoms with Crippen LogP contribution in [0.5, 0.6) is 0 Å². The van der Waals surface area contributed by atoms with Crippen molar-refractivity contribution in [2.24, 2.45) is 0 Å². The van der Waals surface area contributed by atoms with E-state index in [0.29, 0.717) is 6.42 Å². The predicted octanol–water partition coefficient (Wildman–Crippen LogP) is 3.30. The zero-order valence-electron chi connectivity index (χ0n) is 9.72. The number of nitrogens with zero attached hydrogens (tertiary/aromatic N) is 2. The van der Waals surface area contributed by atoms with Gasteiger partial charge in [-0.3, -0.25) is 0 Å².